The van der Waals surface area contributed by atoms with Crippen LogP contribution in [-0.2, 0) is 6.42 Å². The highest BCUT2D eigenvalue weighted by Crippen LogP contribution is 2.38. The summed E-state index contributed by atoms with van der Waals surface area (Å²) >= 11 is 6.30. The van der Waals surface area contributed by atoms with Crippen LogP contribution in [0.2, 0.25) is 5.02 Å². The van der Waals surface area contributed by atoms with Crippen molar-refractivity contribution in [3.8, 4) is 0 Å². The average Bonchev–Trinajstić information content (AvgIpc) is 2.87. The Hall–Kier alpha value is -0.930. The van der Waals surface area contributed by atoms with E-state index in [0.29, 0.717) is 11.6 Å². The predicted molar refractivity (Wildman–Crippen MR) is 79.1 cm³/mol. The number of nitrogen functional groups attached to an aromatic ring is 1. The second kappa shape index (κ2) is 5.37. The van der Waals surface area contributed by atoms with Gasteiger partial charge in [0.2, 0.25) is 0 Å². The lowest BCUT2D eigenvalue weighted by Crippen LogP contribution is -2.28. The van der Waals surface area contributed by atoms with Crippen molar-refractivity contribution in [2.75, 3.05) is 18.8 Å². The van der Waals surface area contributed by atoms with Crippen LogP contribution in [0.1, 0.15) is 29.9 Å². The quantitative estimate of drug-likeness (QED) is 0.780. The van der Waals surface area contributed by atoms with E-state index < -0.39 is 0 Å². The van der Waals surface area contributed by atoms with Crippen molar-refractivity contribution < 1.29 is 0 Å². The normalized spacial score (nSPS) is 21.6. The van der Waals surface area contributed by atoms with Gasteiger partial charge in [-0.1, -0.05) is 17.7 Å². The number of fused-ring (bicyclic) bond motifs is 1. The lowest BCUT2D eigenvalue weighted by molar-refractivity contribution is 0.642. The minimum absolute atomic E-state index is 0. The zero-order valence-electron chi connectivity index (χ0n) is 10.1. The van der Waals surface area contributed by atoms with Gasteiger partial charge in [-0.3, -0.25) is 4.99 Å². The van der Waals surface area contributed by atoms with Crippen LogP contribution in [0.15, 0.2) is 17.1 Å². The van der Waals surface area contributed by atoms with Gasteiger partial charge in [0.05, 0.1) is 17.3 Å². The van der Waals surface area contributed by atoms with Crippen LogP contribution in [0.5, 0.6) is 0 Å². The molecule has 0 aromatic heterocycles. The molecule has 0 bridgehead atoms. The zero-order valence-corrected chi connectivity index (χ0v) is 11.7. The van der Waals surface area contributed by atoms with E-state index >= 15 is 0 Å². The highest BCUT2D eigenvalue weighted by Gasteiger charge is 2.27. The first kappa shape index (κ1) is 13.5. The van der Waals surface area contributed by atoms with Crippen LogP contribution in [0.4, 0.5) is 5.69 Å². The van der Waals surface area contributed by atoms with Gasteiger partial charge < -0.3 is 11.1 Å². The summed E-state index contributed by atoms with van der Waals surface area (Å²) in [5.41, 5.74) is 9.08. The molecule has 0 fully saturated rings. The van der Waals surface area contributed by atoms with E-state index in [2.05, 4.69) is 16.4 Å². The molecule has 1 aromatic rings. The van der Waals surface area contributed by atoms with Crippen molar-refractivity contribution in [3.63, 3.8) is 0 Å². The fourth-order valence-corrected chi connectivity index (χ4v) is 3.07. The molecule has 3 rings (SSSR count). The molecule has 1 heterocycles. The number of benzene rings is 1. The number of halogens is 2. The summed E-state index contributed by atoms with van der Waals surface area (Å²) in [5.74, 6) is 1.52. The summed E-state index contributed by atoms with van der Waals surface area (Å²) in [4.78, 5) is 4.54. The van der Waals surface area contributed by atoms with Gasteiger partial charge >= 0.3 is 0 Å². The summed E-state index contributed by atoms with van der Waals surface area (Å²) < 4.78 is 0. The molecule has 1 atom stereocenters. The van der Waals surface area contributed by atoms with Crippen molar-refractivity contribution in [2.24, 2.45) is 4.99 Å². The molecule has 0 saturated carbocycles. The Morgan fingerprint density at radius 3 is 2.94 bits per heavy atom. The molecule has 0 spiro atoms. The third kappa shape index (κ3) is 2.17. The molecule has 98 valence electrons. The number of amidine groups is 1. The lowest BCUT2D eigenvalue weighted by atomic mass is 9.82. The molecule has 1 aliphatic heterocycles. The van der Waals surface area contributed by atoms with Crippen LogP contribution in [-0.4, -0.2) is 18.9 Å². The highest BCUT2D eigenvalue weighted by molar-refractivity contribution is 6.34. The molecule has 2 aliphatic rings. The maximum atomic E-state index is 6.30. The molecular formula is C13H17Cl2N3. The van der Waals surface area contributed by atoms with Gasteiger partial charge in [-0.2, -0.15) is 0 Å². The highest BCUT2D eigenvalue weighted by atomic mass is 35.5. The van der Waals surface area contributed by atoms with Gasteiger partial charge in [-0.15, -0.1) is 12.4 Å². The number of hydrogen-bond acceptors (Lipinski definition) is 3. The Kier molecular flexibility index (Phi) is 4.03. The standard InChI is InChI=1S/C13H16ClN3.ClH/c14-12-9-2-1-3-10(13-16-6-7-17-13)8(9)4-5-11(12)15;/h4-5,10H,1-3,6-7,15H2,(H,16,17);1H. The van der Waals surface area contributed by atoms with Crippen LogP contribution in [0.3, 0.4) is 0 Å². The Morgan fingerprint density at radius 1 is 1.39 bits per heavy atom. The predicted octanol–water partition coefficient (Wildman–Crippen LogP) is 2.77. The average molecular weight is 286 g/mol. The molecule has 3 N–H and O–H groups in total. The largest absolute Gasteiger partial charge is 0.398 e. The minimum Gasteiger partial charge on any atom is -0.398 e. The first-order chi connectivity index (χ1) is 8.27. The van der Waals surface area contributed by atoms with Crippen LogP contribution in [0, 0.1) is 0 Å². The van der Waals surface area contributed by atoms with E-state index in [4.69, 9.17) is 17.3 Å². The van der Waals surface area contributed by atoms with E-state index in [-0.39, 0.29) is 12.4 Å². The molecular weight excluding hydrogens is 269 g/mol. The number of nitrogens with zero attached hydrogens (tertiary/aromatic N) is 1. The third-order valence-electron chi connectivity index (χ3n) is 3.63. The summed E-state index contributed by atoms with van der Waals surface area (Å²) in [6.07, 6.45) is 3.34. The zero-order chi connectivity index (χ0) is 11.8. The van der Waals surface area contributed by atoms with Gasteiger partial charge in [0.15, 0.2) is 0 Å². The second-order valence-electron chi connectivity index (χ2n) is 4.68. The fourth-order valence-electron chi connectivity index (χ4n) is 2.81. The summed E-state index contributed by atoms with van der Waals surface area (Å²) in [6, 6.07) is 4.03. The topological polar surface area (TPSA) is 50.4 Å². The number of anilines is 1. The Labute approximate surface area is 118 Å². The van der Waals surface area contributed by atoms with Gasteiger partial charge in [0, 0.05) is 12.5 Å². The summed E-state index contributed by atoms with van der Waals surface area (Å²) in [5, 5.41) is 4.12. The van der Waals surface area contributed by atoms with E-state index in [1.54, 1.807) is 0 Å². The van der Waals surface area contributed by atoms with Crippen LogP contribution in [0.25, 0.3) is 0 Å². The Balaban J connectivity index is 0.00000120. The molecule has 18 heavy (non-hydrogen) atoms. The molecule has 1 aromatic carbocycles. The lowest BCUT2D eigenvalue weighted by Gasteiger charge is -2.27. The number of aliphatic imine (C=N–C) groups is 1. The maximum Gasteiger partial charge on any atom is 0.104 e. The summed E-state index contributed by atoms with van der Waals surface area (Å²) in [6.45, 7) is 1.85. The molecule has 0 saturated heterocycles. The van der Waals surface area contributed by atoms with Gasteiger partial charge in [0.1, 0.15) is 5.84 Å². The SMILES string of the molecule is Cl.Nc1ccc2c(c1Cl)CCCC2C1=NCCN1. The molecule has 1 unspecified atom stereocenters. The van der Waals surface area contributed by atoms with Crippen molar-refractivity contribution in [2.45, 2.75) is 25.2 Å². The number of nitrogens with two attached hydrogens (primary N) is 1. The van der Waals surface area contributed by atoms with Crippen LogP contribution < -0.4 is 11.1 Å². The molecule has 0 amide bonds. The Morgan fingerprint density at radius 2 is 2.22 bits per heavy atom. The Bertz CT molecular complexity index is 485. The number of hydrogen-bond donors (Lipinski definition) is 2. The summed E-state index contributed by atoms with van der Waals surface area (Å²) in [7, 11) is 0. The van der Waals surface area contributed by atoms with Gasteiger partial charge in [0.25, 0.3) is 0 Å². The van der Waals surface area contributed by atoms with E-state index in [0.717, 1.165) is 43.2 Å². The monoisotopic (exact) mass is 285 g/mol. The molecule has 5 heteroatoms. The molecule has 1 aliphatic carbocycles. The first-order valence-electron chi connectivity index (χ1n) is 6.12. The third-order valence-corrected chi connectivity index (χ3v) is 4.08. The van der Waals surface area contributed by atoms with Crippen molar-refractivity contribution in [1.82, 2.24) is 5.32 Å². The van der Waals surface area contributed by atoms with E-state index in [1.165, 1.54) is 11.1 Å². The van der Waals surface area contributed by atoms with Gasteiger partial charge in [-0.25, -0.2) is 0 Å². The fraction of sp³-hybridized carbons (Fsp3) is 0.462. The van der Waals surface area contributed by atoms with E-state index in [1.807, 2.05) is 6.07 Å². The minimum atomic E-state index is 0. The van der Waals surface area contributed by atoms with E-state index in [9.17, 15) is 0 Å². The smallest absolute Gasteiger partial charge is 0.104 e. The van der Waals surface area contributed by atoms with Crippen LogP contribution >= 0.6 is 24.0 Å². The van der Waals surface area contributed by atoms with Crippen molar-refractivity contribution in [1.29, 1.82) is 0 Å². The molecule has 3 nitrogen and oxygen atoms in total. The number of rotatable bonds is 1. The maximum absolute atomic E-state index is 6.30. The van der Waals surface area contributed by atoms with Gasteiger partial charge in [-0.05, 0) is 36.5 Å². The molecule has 0 radical (unpaired) electrons. The van der Waals surface area contributed by atoms with Crippen molar-refractivity contribution >= 4 is 35.5 Å². The first-order valence-corrected chi connectivity index (χ1v) is 6.50. The number of nitrogens with one attached hydrogen (secondary N) is 1. The second-order valence-corrected chi connectivity index (χ2v) is 5.05. The van der Waals surface area contributed by atoms with Crippen molar-refractivity contribution in [3.05, 3.63) is 28.3 Å².